The number of fused-ring (bicyclic) bond motifs is 2. The third-order valence-corrected chi connectivity index (χ3v) is 16.3. The van der Waals surface area contributed by atoms with Crippen molar-refractivity contribution in [1.29, 1.82) is 0 Å². The van der Waals surface area contributed by atoms with Gasteiger partial charge in [-0.05, 0) is 0 Å². The van der Waals surface area contributed by atoms with Crippen LogP contribution in [0.25, 0.3) is 22.3 Å². The van der Waals surface area contributed by atoms with Gasteiger partial charge in [0.2, 0.25) is 0 Å². The summed E-state index contributed by atoms with van der Waals surface area (Å²) in [5, 5.41) is 80.4. The van der Waals surface area contributed by atoms with Crippen LogP contribution >= 0.6 is 31.3 Å². The molecule has 4 aliphatic heterocycles. The second kappa shape index (κ2) is 31.4. The minimum atomic E-state index is -5.67. The molecule has 8 rings (SSSR count). The molecule has 4 saturated heterocycles. The van der Waals surface area contributed by atoms with Gasteiger partial charge in [-0.3, -0.25) is 37.0 Å². The Morgan fingerprint density at radius 2 is 0.841 bits per heavy atom. The number of carbonyl (C=O) groups is 2. The van der Waals surface area contributed by atoms with Gasteiger partial charge in [0.15, 0.2) is 60.2 Å². The number of nitrogens with two attached hydrogens (primary N) is 2. The van der Waals surface area contributed by atoms with Crippen molar-refractivity contribution in [2.45, 2.75) is 112 Å². The number of aromatic nitrogens is 8. The molecule has 0 spiro atoms. The number of rotatable bonds is 20. The van der Waals surface area contributed by atoms with Crippen molar-refractivity contribution in [3.05, 3.63) is 25.3 Å². The second-order valence-electron chi connectivity index (χ2n) is 16.7. The van der Waals surface area contributed by atoms with Crippen LogP contribution in [0.1, 0.15) is 26.3 Å². The number of aliphatic hydroxyl groups excluding tert-OH is 8. The summed E-state index contributed by atoms with van der Waals surface area (Å²) in [7, 11) is -22.6. The molecule has 82 heavy (non-hydrogen) atoms. The summed E-state index contributed by atoms with van der Waals surface area (Å²) in [5.74, 6) is -1.68. The number of aliphatic hydroxyl groups is 8. The molecule has 0 aliphatic carbocycles. The fourth-order valence-electron chi connectivity index (χ4n) is 7.67. The molecular formula is C34H46N10Na4O30P4. The maximum absolute atomic E-state index is 12.1. The molecule has 48 heteroatoms. The molecule has 4 fully saturated rings. The molecule has 12 N–H and O–H groups in total. The van der Waals surface area contributed by atoms with Crippen molar-refractivity contribution in [2.75, 3.05) is 37.9 Å². The standard InChI is InChI=1S/2C17H25N5O15P2.4Na/c1-6(23)34-13-8(36-17(27)12(13)26)3-33-39(30,31)37-38(28,29)32-2-7-10(24)11(25)16(35-7)22-5-21-9-14(18)19-4-20-15(9)22;1-6(23)34-13-11(25)8(36-17(13)27)3-33-39(30,31)37-38(28,29)32-2-7-10(24)12(26)16(35-7)22-5-21-9-14(18)19-4-20-15(9)22;;;;/h2*4-5,7-8,10-13,16-17,24-27H,2-3H2,1H3,(H,28,29)(H,30,31)(H2,18,19,20);;;;/q;;4*+1/p-4/t2*7-,8-,10-,11-,12-,13-,16-,17?;;;;/m11..../s1. The summed E-state index contributed by atoms with van der Waals surface area (Å²) in [5.41, 5.74) is 12.1. The van der Waals surface area contributed by atoms with Gasteiger partial charge in [0.25, 0.3) is 31.3 Å². The summed E-state index contributed by atoms with van der Waals surface area (Å²) in [6.07, 6.45) is -20.8. The first-order chi connectivity index (χ1) is 36.4. The number of hydrogen-bond donors (Lipinski definition) is 10. The van der Waals surface area contributed by atoms with Crippen LogP contribution < -0.4 is 149 Å². The first kappa shape index (κ1) is 75.9. The molecule has 0 amide bonds. The summed E-state index contributed by atoms with van der Waals surface area (Å²) in [6.45, 7) is -2.04. The Hall–Kier alpha value is -0.320. The van der Waals surface area contributed by atoms with Gasteiger partial charge in [0.1, 0.15) is 84.7 Å². The molecule has 0 aromatic carbocycles. The van der Waals surface area contributed by atoms with Crippen LogP contribution in [0.3, 0.4) is 0 Å². The Bertz CT molecular complexity index is 3000. The Balaban J connectivity index is 0.000000410. The Morgan fingerprint density at radius 1 is 0.500 bits per heavy atom. The Labute approximate surface area is 547 Å². The number of phosphoric ester groups is 4. The van der Waals surface area contributed by atoms with Gasteiger partial charge in [0.05, 0.1) is 39.1 Å². The fraction of sp³-hybridized carbons (Fsp3) is 0.647. The van der Waals surface area contributed by atoms with Gasteiger partial charge in [0, 0.05) is 13.8 Å². The van der Waals surface area contributed by atoms with Crippen LogP contribution in [0.15, 0.2) is 25.3 Å². The number of ether oxygens (including phenoxy) is 6. The molecule has 40 nitrogen and oxygen atoms in total. The molecule has 6 unspecified atom stereocenters. The average molecular weight is 1290 g/mol. The first-order valence-corrected chi connectivity index (χ1v) is 27.7. The fourth-order valence-corrected chi connectivity index (χ4v) is 11.7. The number of esters is 2. The van der Waals surface area contributed by atoms with Crippen molar-refractivity contribution >= 4 is 77.2 Å². The van der Waals surface area contributed by atoms with E-state index in [9.17, 15) is 88.3 Å². The van der Waals surface area contributed by atoms with Crippen LogP contribution in [0, 0.1) is 0 Å². The normalized spacial score (nSPS) is 32.5. The van der Waals surface area contributed by atoms with E-state index in [0.717, 1.165) is 26.5 Å². The zero-order chi connectivity index (χ0) is 57.4. The predicted molar refractivity (Wildman–Crippen MR) is 233 cm³/mol. The van der Waals surface area contributed by atoms with Crippen LogP contribution in [-0.4, -0.2) is 204 Å². The zero-order valence-electron chi connectivity index (χ0n) is 43.5. The van der Waals surface area contributed by atoms with Crippen molar-refractivity contribution in [3.8, 4) is 0 Å². The topological polar surface area (TPSA) is 607 Å². The van der Waals surface area contributed by atoms with Crippen LogP contribution in [-0.2, 0) is 83.0 Å². The summed E-state index contributed by atoms with van der Waals surface area (Å²) < 4.78 is 107. The molecule has 0 radical (unpaired) electrons. The number of anilines is 2. The molecule has 4 aromatic rings. The van der Waals surface area contributed by atoms with E-state index >= 15 is 0 Å². The minimum absolute atomic E-state index is 0. The number of nitrogen functional groups attached to an aromatic ring is 2. The van der Waals surface area contributed by atoms with E-state index < -0.39 is 168 Å². The van der Waals surface area contributed by atoms with Gasteiger partial charge in [-0.2, -0.15) is 0 Å². The minimum Gasteiger partial charge on any atom is -0.756 e. The number of imidazole rings is 2. The largest absolute Gasteiger partial charge is 1.00 e. The first-order valence-electron chi connectivity index (χ1n) is 21.9. The van der Waals surface area contributed by atoms with E-state index in [2.05, 4.69) is 61.4 Å². The van der Waals surface area contributed by atoms with Crippen molar-refractivity contribution in [1.82, 2.24) is 39.0 Å². The Morgan fingerprint density at radius 3 is 1.22 bits per heavy atom. The third kappa shape index (κ3) is 18.9. The molecule has 4 aromatic heterocycles. The number of hydrogen-bond acceptors (Lipinski definition) is 38. The van der Waals surface area contributed by atoms with E-state index in [0.29, 0.717) is 0 Å². The van der Waals surface area contributed by atoms with Gasteiger partial charge < -0.3 is 118 Å². The molecule has 0 bridgehead atoms. The van der Waals surface area contributed by atoms with E-state index in [-0.39, 0.29) is 152 Å². The average Bonchev–Trinajstić information content (AvgIpc) is 4.19. The van der Waals surface area contributed by atoms with E-state index in [1.807, 2.05) is 0 Å². The van der Waals surface area contributed by atoms with Crippen LogP contribution in [0.4, 0.5) is 11.6 Å². The maximum Gasteiger partial charge on any atom is 1.00 e. The van der Waals surface area contributed by atoms with Crippen molar-refractivity contribution in [2.24, 2.45) is 0 Å². The smallest absolute Gasteiger partial charge is 0.756 e. The Kier molecular flexibility index (Phi) is 29.1. The van der Waals surface area contributed by atoms with Gasteiger partial charge in [-0.25, -0.2) is 38.5 Å². The van der Waals surface area contributed by atoms with E-state index in [1.165, 1.54) is 21.8 Å². The predicted octanol–water partition coefficient (Wildman–Crippen LogP) is -19.9. The van der Waals surface area contributed by atoms with Crippen LogP contribution in [0.5, 0.6) is 0 Å². The quantitative estimate of drug-likeness (QED) is 0.0223. The van der Waals surface area contributed by atoms with Crippen molar-refractivity contribution < 1.29 is 262 Å². The molecule has 0 saturated carbocycles. The van der Waals surface area contributed by atoms with E-state index in [4.69, 9.17) is 35.2 Å². The molecule has 20 atom stereocenters. The van der Waals surface area contributed by atoms with Gasteiger partial charge >= 0.3 is 130 Å². The van der Waals surface area contributed by atoms with Crippen LogP contribution in [0.2, 0.25) is 0 Å². The monoisotopic (exact) mass is 1290 g/mol. The summed E-state index contributed by atoms with van der Waals surface area (Å²) in [4.78, 5) is 94.0. The second-order valence-corrected chi connectivity index (χ2v) is 22.6. The van der Waals surface area contributed by atoms with Gasteiger partial charge in [-0.15, -0.1) is 0 Å². The molecule has 8 heterocycles. The van der Waals surface area contributed by atoms with Crippen molar-refractivity contribution in [3.63, 3.8) is 0 Å². The third-order valence-electron chi connectivity index (χ3n) is 11.2. The number of phosphoric acid groups is 4. The molecule has 436 valence electrons. The molecular weight excluding hydrogens is 1240 g/mol. The summed E-state index contributed by atoms with van der Waals surface area (Å²) >= 11 is 0. The summed E-state index contributed by atoms with van der Waals surface area (Å²) in [6, 6.07) is 0. The zero-order valence-corrected chi connectivity index (χ0v) is 55.0. The van der Waals surface area contributed by atoms with E-state index in [1.54, 1.807) is 0 Å². The maximum atomic E-state index is 12.1. The SMILES string of the molecule is CC(=O)O[C@@H]1[C@@H](COP(=O)([O-])OP(=O)([O-])OC[C@H]2O[C@@H](n3cnc4c(N)ncnc43)[C@H](O)[C@@H]2O)OC(O)[C@@H]1O.CC(=O)O[C@H]1C(O)O[C@H](COP(=O)([O-])OP(=O)([O-])OC[C@H]2O[C@@H](n3cnc4c(N)ncnc43)[C@H](O)[C@@H]2O)[C@H]1O.[Na+].[Na+].[Na+].[Na+]. The van der Waals surface area contributed by atoms with Gasteiger partial charge in [-0.1, -0.05) is 0 Å². The number of nitrogens with zero attached hydrogens (tertiary/aromatic N) is 8. The number of carbonyl (C=O) groups excluding carboxylic acids is 2. The molecule has 4 aliphatic rings.